The van der Waals surface area contributed by atoms with Crippen LogP contribution in [0.2, 0.25) is 5.02 Å². The third-order valence-corrected chi connectivity index (χ3v) is 2.92. The third-order valence-electron chi connectivity index (χ3n) is 2.68. The van der Waals surface area contributed by atoms with E-state index >= 15 is 0 Å². The second-order valence-corrected chi connectivity index (χ2v) is 5.30. The highest BCUT2D eigenvalue weighted by Crippen LogP contribution is 2.22. The van der Waals surface area contributed by atoms with E-state index in [9.17, 15) is 4.79 Å². The van der Waals surface area contributed by atoms with Gasteiger partial charge in [-0.3, -0.25) is 0 Å². The first-order valence-electron chi connectivity index (χ1n) is 6.41. The zero-order valence-electron chi connectivity index (χ0n) is 11.8. The number of ether oxygens (including phenoxy) is 2. The molecule has 0 saturated carbocycles. The molecule has 0 fully saturated rings. The molecule has 0 saturated heterocycles. The molecule has 0 atom stereocenters. The number of benzene rings is 1. The van der Waals surface area contributed by atoms with Crippen LogP contribution in [-0.4, -0.2) is 32.9 Å². The Hall–Kier alpha value is -2.08. The van der Waals surface area contributed by atoms with Crippen LogP contribution in [0.5, 0.6) is 5.75 Å². The van der Waals surface area contributed by atoms with Crippen LogP contribution in [0.4, 0.5) is 0 Å². The molecule has 7 heteroatoms. The summed E-state index contributed by atoms with van der Waals surface area (Å²) in [6.45, 7) is 3.93. The van der Waals surface area contributed by atoms with Gasteiger partial charge < -0.3 is 9.47 Å². The molecule has 0 spiro atoms. The van der Waals surface area contributed by atoms with E-state index in [1.54, 1.807) is 49.1 Å². The summed E-state index contributed by atoms with van der Waals surface area (Å²) in [4.78, 5) is 15.9. The number of rotatable bonds is 6. The van der Waals surface area contributed by atoms with Crippen molar-refractivity contribution in [2.24, 2.45) is 0 Å². The number of halogens is 1. The molecule has 1 aromatic carbocycles. The maximum absolute atomic E-state index is 12.1. The van der Waals surface area contributed by atoms with E-state index in [0.29, 0.717) is 17.3 Å². The Kier molecular flexibility index (Phi) is 4.80. The first kappa shape index (κ1) is 15.3. The highest BCUT2D eigenvalue weighted by Gasteiger charge is 2.31. The van der Waals surface area contributed by atoms with Crippen LogP contribution < -0.4 is 4.74 Å². The number of hydrogen-bond acceptors (Lipinski definition) is 5. The Morgan fingerprint density at radius 1 is 1.43 bits per heavy atom. The summed E-state index contributed by atoms with van der Waals surface area (Å²) < 4.78 is 12.4. The molecule has 1 heterocycles. The molecule has 1 aromatic heterocycles. The number of aromatic nitrogens is 3. The van der Waals surface area contributed by atoms with Crippen LogP contribution in [0.15, 0.2) is 36.9 Å². The van der Waals surface area contributed by atoms with Crippen LogP contribution in [-0.2, 0) is 16.1 Å². The summed E-state index contributed by atoms with van der Waals surface area (Å²) in [5, 5.41) is 4.47. The van der Waals surface area contributed by atoms with Gasteiger partial charge in [-0.1, -0.05) is 17.7 Å². The van der Waals surface area contributed by atoms with Gasteiger partial charge >= 0.3 is 5.97 Å². The van der Waals surface area contributed by atoms with Gasteiger partial charge in [0.05, 0.1) is 6.54 Å². The molecule has 0 aliphatic rings. The van der Waals surface area contributed by atoms with Crippen molar-refractivity contribution in [2.45, 2.75) is 26.0 Å². The normalized spacial score (nSPS) is 11.2. The second-order valence-electron chi connectivity index (χ2n) is 4.86. The van der Waals surface area contributed by atoms with Gasteiger partial charge in [-0.2, -0.15) is 5.10 Å². The molecule has 0 unspecified atom stereocenters. The average Bonchev–Trinajstić information content (AvgIpc) is 2.91. The largest absolute Gasteiger partial charge is 0.476 e. The maximum Gasteiger partial charge on any atom is 0.349 e. The van der Waals surface area contributed by atoms with Crippen molar-refractivity contribution >= 4 is 17.6 Å². The number of carbonyl (C=O) groups excluding carboxylic acids is 1. The van der Waals surface area contributed by atoms with Crippen molar-refractivity contribution in [1.29, 1.82) is 0 Å². The molecule has 0 amide bonds. The second kappa shape index (κ2) is 6.58. The standard InChI is InChI=1S/C14H16ClN3O3/c1-14(2,21-12-5-3-4-11(15)8-12)13(19)20-7-6-18-10-16-9-17-18/h3-5,8-10H,6-7H2,1-2H3. The number of hydrogen-bond donors (Lipinski definition) is 0. The molecular formula is C14H16ClN3O3. The number of nitrogens with zero attached hydrogens (tertiary/aromatic N) is 3. The minimum absolute atomic E-state index is 0.199. The Bertz CT molecular complexity index is 599. The van der Waals surface area contributed by atoms with Gasteiger partial charge in [0.15, 0.2) is 5.60 Å². The Morgan fingerprint density at radius 2 is 2.24 bits per heavy atom. The zero-order valence-corrected chi connectivity index (χ0v) is 12.6. The Labute approximate surface area is 127 Å². The average molecular weight is 310 g/mol. The quantitative estimate of drug-likeness (QED) is 0.766. The van der Waals surface area contributed by atoms with Gasteiger partial charge in [-0.25, -0.2) is 14.5 Å². The summed E-state index contributed by atoms with van der Waals surface area (Å²) in [7, 11) is 0. The highest BCUT2D eigenvalue weighted by molar-refractivity contribution is 6.30. The molecule has 0 N–H and O–H groups in total. The van der Waals surface area contributed by atoms with Gasteiger partial charge in [0.1, 0.15) is 25.0 Å². The van der Waals surface area contributed by atoms with E-state index in [4.69, 9.17) is 21.1 Å². The molecule has 112 valence electrons. The lowest BCUT2D eigenvalue weighted by Gasteiger charge is -2.24. The molecule has 2 aromatic rings. The lowest BCUT2D eigenvalue weighted by atomic mass is 10.1. The molecule has 0 radical (unpaired) electrons. The summed E-state index contributed by atoms with van der Waals surface area (Å²) in [5.74, 6) is 0.0586. The van der Waals surface area contributed by atoms with Crippen LogP contribution >= 0.6 is 11.6 Å². The van der Waals surface area contributed by atoms with Crippen LogP contribution in [0.25, 0.3) is 0 Å². The van der Waals surface area contributed by atoms with Crippen molar-refractivity contribution in [2.75, 3.05) is 6.61 Å². The van der Waals surface area contributed by atoms with E-state index in [0.717, 1.165) is 0 Å². The van der Waals surface area contributed by atoms with Gasteiger partial charge in [0.2, 0.25) is 0 Å². The first-order valence-corrected chi connectivity index (χ1v) is 6.79. The van der Waals surface area contributed by atoms with Crippen molar-refractivity contribution in [3.63, 3.8) is 0 Å². The van der Waals surface area contributed by atoms with Crippen LogP contribution in [0.3, 0.4) is 0 Å². The predicted octanol–water partition coefficient (Wildman–Crippen LogP) is 2.33. The van der Waals surface area contributed by atoms with Gasteiger partial charge in [0, 0.05) is 5.02 Å². The Morgan fingerprint density at radius 3 is 2.90 bits per heavy atom. The lowest BCUT2D eigenvalue weighted by molar-refractivity contribution is -0.159. The van der Waals surface area contributed by atoms with E-state index in [2.05, 4.69) is 10.1 Å². The number of carbonyl (C=O) groups is 1. The smallest absolute Gasteiger partial charge is 0.349 e. The first-order chi connectivity index (χ1) is 9.97. The lowest BCUT2D eigenvalue weighted by Crippen LogP contribution is -2.40. The van der Waals surface area contributed by atoms with Gasteiger partial charge in [-0.05, 0) is 32.0 Å². The Balaban J connectivity index is 1.87. The van der Waals surface area contributed by atoms with Crippen LogP contribution in [0.1, 0.15) is 13.8 Å². The van der Waals surface area contributed by atoms with Crippen LogP contribution in [0, 0.1) is 0 Å². The predicted molar refractivity (Wildman–Crippen MR) is 77.1 cm³/mol. The summed E-state index contributed by atoms with van der Waals surface area (Å²) >= 11 is 5.88. The van der Waals surface area contributed by atoms with Crippen molar-refractivity contribution in [1.82, 2.24) is 14.8 Å². The fraction of sp³-hybridized carbons (Fsp3) is 0.357. The zero-order chi connectivity index (χ0) is 15.3. The van der Waals surface area contributed by atoms with E-state index in [1.165, 1.54) is 6.33 Å². The van der Waals surface area contributed by atoms with Crippen molar-refractivity contribution in [3.05, 3.63) is 41.9 Å². The molecule has 0 aliphatic heterocycles. The van der Waals surface area contributed by atoms with Crippen molar-refractivity contribution < 1.29 is 14.3 Å². The maximum atomic E-state index is 12.1. The van der Waals surface area contributed by atoms with E-state index in [1.807, 2.05) is 0 Å². The summed E-state index contributed by atoms with van der Waals surface area (Å²) in [5.41, 5.74) is -1.10. The van der Waals surface area contributed by atoms with E-state index in [-0.39, 0.29) is 6.61 Å². The molecule has 0 aliphatic carbocycles. The van der Waals surface area contributed by atoms with Gasteiger partial charge in [0.25, 0.3) is 0 Å². The SMILES string of the molecule is CC(C)(Oc1cccc(Cl)c1)C(=O)OCCn1cncn1. The molecular weight excluding hydrogens is 294 g/mol. The monoisotopic (exact) mass is 309 g/mol. The molecule has 0 bridgehead atoms. The highest BCUT2D eigenvalue weighted by atomic mass is 35.5. The molecule has 6 nitrogen and oxygen atoms in total. The minimum Gasteiger partial charge on any atom is -0.476 e. The summed E-state index contributed by atoms with van der Waals surface area (Å²) in [6.07, 6.45) is 2.98. The minimum atomic E-state index is -1.10. The molecule has 2 rings (SSSR count). The fourth-order valence-electron chi connectivity index (χ4n) is 1.62. The number of esters is 1. The third kappa shape index (κ3) is 4.46. The fourth-order valence-corrected chi connectivity index (χ4v) is 1.80. The van der Waals surface area contributed by atoms with Crippen molar-refractivity contribution in [3.8, 4) is 5.75 Å². The molecule has 21 heavy (non-hydrogen) atoms. The summed E-state index contributed by atoms with van der Waals surface area (Å²) in [6, 6.07) is 6.87. The van der Waals surface area contributed by atoms with Gasteiger partial charge in [-0.15, -0.1) is 0 Å². The topological polar surface area (TPSA) is 66.2 Å². The van der Waals surface area contributed by atoms with E-state index < -0.39 is 11.6 Å².